The van der Waals surface area contributed by atoms with Crippen molar-refractivity contribution in [3.05, 3.63) is 12.7 Å². The monoisotopic (exact) mass is 236 g/mol. The molecule has 1 aliphatic carbocycles. The number of nitriles is 1. The summed E-state index contributed by atoms with van der Waals surface area (Å²) in [7, 11) is 0. The van der Waals surface area contributed by atoms with Crippen molar-refractivity contribution in [2.75, 3.05) is 19.7 Å². The highest BCUT2D eigenvalue weighted by molar-refractivity contribution is 5.85. The lowest BCUT2D eigenvalue weighted by molar-refractivity contribution is -0.140. The smallest absolute Gasteiger partial charge is 0.243 e. The third-order valence-corrected chi connectivity index (χ3v) is 3.34. The van der Waals surface area contributed by atoms with E-state index in [2.05, 4.69) is 12.6 Å². The molecule has 1 aliphatic rings. The number of hydrogen-bond acceptors (Lipinski definition) is 3. The van der Waals surface area contributed by atoms with E-state index in [4.69, 9.17) is 5.11 Å². The normalized spacial score (nSPS) is 18.1. The lowest BCUT2D eigenvalue weighted by Crippen LogP contribution is -2.45. The second-order valence-electron chi connectivity index (χ2n) is 4.52. The molecule has 0 spiro atoms. The van der Waals surface area contributed by atoms with Gasteiger partial charge in [-0.1, -0.05) is 25.3 Å². The molecule has 1 fully saturated rings. The summed E-state index contributed by atoms with van der Waals surface area (Å²) < 4.78 is 0. The SMILES string of the molecule is C=CCN(CCO)C(=O)C1(C#N)CCCCC1. The van der Waals surface area contributed by atoms with Crippen LogP contribution in [0.1, 0.15) is 32.1 Å². The molecule has 0 atom stereocenters. The number of carbonyl (C=O) groups is 1. The van der Waals surface area contributed by atoms with Crippen LogP contribution in [0, 0.1) is 16.7 Å². The molecular formula is C13H20N2O2. The Kier molecular flexibility index (Phi) is 5.17. The van der Waals surface area contributed by atoms with Gasteiger partial charge in [0.15, 0.2) is 0 Å². The van der Waals surface area contributed by atoms with E-state index in [-0.39, 0.29) is 19.1 Å². The zero-order chi connectivity index (χ0) is 12.7. The maximum atomic E-state index is 12.4. The first kappa shape index (κ1) is 13.7. The van der Waals surface area contributed by atoms with Crippen LogP contribution in [-0.4, -0.2) is 35.6 Å². The molecule has 0 bridgehead atoms. The number of amides is 1. The highest BCUT2D eigenvalue weighted by Crippen LogP contribution is 2.37. The third-order valence-electron chi connectivity index (χ3n) is 3.34. The topological polar surface area (TPSA) is 64.3 Å². The highest BCUT2D eigenvalue weighted by atomic mass is 16.3. The van der Waals surface area contributed by atoms with Gasteiger partial charge < -0.3 is 10.0 Å². The molecule has 0 radical (unpaired) electrons. The Balaban J connectivity index is 2.82. The molecule has 0 aromatic heterocycles. The fourth-order valence-corrected chi connectivity index (χ4v) is 2.38. The minimum absolute atomic E-state index is 0.0823. The van der Waals surface area contributed by atoms with Crippen molar-refractivity contribution >= 4 is 5.91 Å². The molecule has 1 amide bonds. The van der Waals surface area contributed by atoms with Gasteiger partial charge in [-0.3, -0.25) is 4.79 Å². The van der Waals surface area contributed by atoms with E-state index in [1.54, 1.807) is 6.08 Å². The van der Waals surface area contributed by atoms with Gasteiger partial charge in [0, 0.05) is 13.1 Å². The Labute approximate surface area is 103 Å². The number of carbonyl (C=O) groups excluding carboxylic acids is 1. The minimum Gasteiger partial charge on any atom is -0.395 e. The molecule has 0 aliphatic heterocycles. The molecule has 0 aromatic rings. The summed E-state index contributed by atoms with van der Waals surface area (Å²) in [5.74, 6) is -0.145. The fraction of sp³-hybridized carbons (Fsp3) is 0.692. The largest absolute Gasteiger partial charge is 0.395 e. The predicted octanol–water partition coefficient (Wildman–Crippen LogP) is 1.47. The predicted molar refractivity (Wildman–Crippen MR) is 65.0 cm³/mol. The molecule has 1 rings (SSSR count). The number of aliphatic hydroxyl groups excluding tert-OH is 1. The zero-order valence-corrected chi connectivity index (χ0v) is 10.2. The van der Waals surface area contributed by atoms with Crippen LogP contribution in [0.5, 0.6) is 0 Å². The summed E-state index contributed by atoms with van der Waals surface area (Å²) >= 11 is 0. The summed E-state index contributed by atoms with van der Waals surface area (Å²) in [4.78, 5) is 13.9. The first-order valence-corrected chi connectivity index (χ1v) is 6.12. The van der Waals surface area contributed by atoms with Crippen LogP contribution >= 0.6 is 0 Å². The van der Waals surface area contributed by atoms with Gasteiger partial charge in [-0.25, -0.2) is 0 Å². The van der Waals surface area contributed by atoms with Crippen LogP contribution in [0.25, 0.3) is 0 Å². The fourth-order valence-electron chi connectivity index (χ4n) is 2.38. The number of rotatable bonds is 5. The van der Waals surface area contributed by atoms with Crippen molar-refractivity contribution in [1.29, 1.82) is 5.26 Å². The van der Waals surface area contributed by atoms with Crippen molar-refractivity contribution in [2.24, 2.45) is 5.41 Å². The van der Waals surface area contributed by atoms with Crippen molar-refractivity contribution in [3.8, 4) is 6.07 Å². The Morgan fingerprint density at radius 2 is 2.12 bits per heavy atom. The number of nitrogens with zero attached hydrogens (tertiary/aromatic N) is 2. The Bertz CT molecular complexity index is 314. The van der Waals surface area contributed by atoms with Crippen LogP contribution in [-0.2, 0) is 4.79 Å². The van der Waals surface area contributed by atoms with Crippen LogP contribution in [0.15, 0.2) is 12.7 Å². The Morgan fingerprint density at radius 3 is 2.59 bits per heavy atom. The first-order chi connectivity index (χ1) is 8.20. The lowest BCUT2D eigenvalue weighted by Gasteiger charge is -2.34. The average molecular weight is 236 g/mol. The van der Waals surface area contributed by atoms with Gasteiger partial charge in [0.05, 0.1) is 12.7 Å². The third kappa shape index (κ3) is 3.07. The van der Waals surface area contributed by atoms with E-state index in [1.807, 2.05) is 0 Å². The standard InChI is InChI=1S/C13H20N2O2/c1-2-8-15(9-10-16)12(17)13(11-14)6-4-3-5-7-13/h2,16H,1,3-10H2. The molecule has 94 valence electrons. The van der Waals surface area contributed by atoms with Gasteiger partial charge in [-0.2, -0.15) is 5.26 Å². The molecule has 17 heavy (non-hydrogen) atoms. The molecule has 0 heterocycles. The van der Waals surface area contributed by atoms with Gasteiger partial charge in [0.2, 0.25) is 5.91 Å². The van der Waals surface area contributed by atoms with E-state index in [0.29, 0.717) is 19.4 Å². The number of hydrogen-bond donors (Lipinski definition) is 1. The van der Waals surface area contributed by atoms with E-state index < -0.39 is 5.41 Å². The summed E-state index contributed by atoms with van der Waals surface area (Å²) in [6, 6.07) is 2.21. The maximum absolute atomic E-state index is 12.4. The molecule has 1 saturated carbocycles. The molecular weight excluding hydrogens is 216 g/mol. The van der Waals surface area contributed by atoms with E-state index in [0.717, 1.165) is 19.3 Å². The van der Waals surface area contributed by atoms with Gasteiger partial charge in [-0.15, -0.1) is 6.58 Å². The van der Waals surface area contributed by atoms with Crippen LogP contribution in [0.2, 0.25) is 0 Å². The molecule has 0 saturated heterocycles. The summed E-state index contributed by atoms with van der Waals surface area (Å²) in [5.41, 5.74) is -0.865. The maximum Gasteiger partial charge on any atom is 0.243 e. The van der Waals surface area contributed by atoms with Gasteiger partial charge >= 0.3 is 0 Å². The molecule has 1 N–H and O–H groups in total. The average Bonchev–Trinajstić information content (AvgIpc) is 2.38. The summed E-state index contributed by atoms with van der Waals surface area (Å²) in [6.07, 6.45) is 5.86. The van der Waals surface area contributed by atoms with Gasteiger partial charge in [0.25, 0.3) is 0 Å². The van der Waals surface area contributed by atoms with Gasteiger partial charge in [0.1, 0.15) is 5.41 Å². The van der Waals surface area contributed by atoms with E-state index >= 15 is 0 Å². The van der Waals surface area contributed by atoms with Crippen molar-refractivity contribution in [1.82, 2.24) is 4.90 Å². The van der Waals surface area contributed by atoms with Crippen molar-refractivity contribution in [2.45, 2.75) is 32.1 Å². The summed E-state index contributed by atoms with van der Waals surface area (Å²) in [5, 5.41) is 18.3. The van der Waals surface area contributed by atoms with Crippen LogP contribution < -0.4 is 0 Å². The van der Waals surface area contributed by atoms with Crippen LogP contribution in [0.4, 0.5) is 0 Å². The lowest BCUT2D eigenvalue weighted by atomic mass is 9.74. The Hall–Kier alpha value is -1.34. The van der Waals surface area contributed by atoms with E-state index in [9.17, 15) is 10.1 Å². The van der Waals surface area contributed by atoms with Crippen molar-refractivity contribution < 1.29 is 9.90 Å². The number of aliphatic hydroxyl groups is 1. The zero-order valence-electron chi connectivity index (χ0n) is 10.2. The molecule has 4 nitrogen and oxygen atoms in total. The van der Waals surface area contributed by atoms with Gasteiger partial charge in [-0.05, 0) is 12.8 Å². The molecule has 4 heteroatoms. The first-order valence-electron chi connectivity index (χ1n) is 6.12. The highest BCUT2D eigenvalue weighted by Gasteiger charge is 2.41. The second-order valence-corrected chi connectivity index (χ2v) is 4.52. The van der Waals surface area contributed by atoms with Crippen molar-refractivity contribution in [3.63, 3.8) is 0 Å². The van der Waals surface area contributed by atoms with Crippen LogP contribution in [0.3, 0.4) is 0 Å². The quantitative estimate of drug-likeness (QED) is 0.735. The summed E-state index contributed by atoms with van der Waals surface area (Å²) in [6.45, 7) is 4.18. The molecule has 0 unspecified atom stereocenters. The second kappa shape index (κ2) is 6.41. The Morgan fingerprint density at radius 1 is 1.47 bits per heavy atom. The molecule has 0 aromatic carbocycles. The van der Waals surface area contributed by atoms with E-state index in [1.165, 1.54) is 4.90 Å². The minimum atomic E-state index is -0.865.